The van der Waals surface area contributed by atoms with Crippen molar-refractivity contribution >= 4 is 17.6 Å². The molecule has 0 spiro atoms. The van der Waals surface area contributed by atoms with Crippen LogP contribution in [0.4, 0.5) is 0 Å². The molecule has 0 atom stereocenters. The second kappa shape index (κ2) is 6.22. The van der Waals surface area contributed by atoms with Crippen molar-refractivity contribution in [2.75, 3.05) is 0 Å². The Bertz CT molecular complexity index is 884. The van der Waals surface area contributed by atoms with Gasteiger partial charge < -0.3 is 4.57 Å². The molecule has 0 aliphatic rings. The van der Waals surface area contributed by atoms with Gasteiger partial charge in [0, 0.05) is 31.0 Å². The van der Waals surface area contributed by atoms with E-state index in [2.05, 4.69) is 34.2 Å². The molecule has 0 fully saturated rings. The summed E-state index contributed by atoms with van der Waals surface area (Å²) in [5, 5.41) is 1.04. The number of nitrogens with one attached hydrogen (secondary N) is 1. The molecule has 0 bridgehead atoms. The molecule has 0 amide bonds. The minimum absolute atomic E-state index is 0.0369. The van der Waals surface area contributed by atoms with E-state index in [-0.39, 0.29) is 5.56 Å². The zero-order chi connectivity index (χ0) is 16.6. The maximum absolute atomic E-state index is 11.9. The van der Waals surface area contributed by atoms with Crippen LogP contribution >= 0.6 is 11.9 Å². The van der Waals surface area contributed by atoms with Crippen molar-refractivity contribution in [2.45, 2.75) is 31.8 Å². The lowest BCUT2D eigenvalue weighted by molar-refractivity contribution is 0.768. The van der Waals surface area contributed by atoms with E-state index >= 15 is 0 Å². The standard InChI is InChI=1S/C17H20N4OS/c1-11(2)19-23-16-8-18-15-6-5-13(10-21(15)16)14-7-12(3)17(22)20(4)9-14/h5-11,19H,1-4H3. The number of pyridine rings is 2. The molecule has 120 valence electrons. The summed E-state index contributed by atoms with van der Waals surface area (Å²) >= 11 is 1.57. The molecule has 6 heteroatoms. The molecule has 0 radical (unpaired) electrons. The van der Waals surface area contributed by atoms with E-state index in [0.717, 1.165) is 27.4 Å². The Morgan fingerprint density at radius 3 is 2.70 bits per heavy atom. The van der Waals surface area contributed by atoms with Crippen molar-refractivity contribution in [3.05, 3.63) is 52.7 Å². The van der Waals surface area contributed by atoms with Crippen molar-refractivity contribution in [2.24, 2.45) is 7.05 Å². The second-order valence-corrected chi connectivity index (χ2v) is 6.80. The molecule has 0 aliphatic heterocycles. The van der Waals surface area contributed by atoms with Gasteiger partial charge in [-0.2, -0.15) is 0 Å². The Labute approximate surface area is 139 Å². The van der Waals surface area contributed by atoms with Crippen molar-refractivity contribution in [1.82, 2.24) is 18.7 Å². The number of imidazole rings is 1. The lowest BCUT2D eigenvalue weighted by atomic mass is 10.1. The van der Waals surface area contributed by atoms with Gasteiger partial charge in [-0.15, -0.1) is 0 Å². The Hall–Kier alpha value is -2.05. The van der Waals surface area contributed by atoms with E-state index in [1.165, 1.54) is 0 Å². The van der Waals surface area contributed by atoms with Crippen LogP contribution in [0.2, 0.25) is 0 Å². The van der Waals surface area contributed by atoms with Crippen LogP contribution in [-0.4, -0.2) is 20.0 Å². The average molecular weight is 328 g/mol. The molecule has 5 nitrogen and oxygen atoms in total. The molecule has 1 N–H and O–H groups in total. The summed E-state index contributed by atoms with van der Waals surface area (Å²) in [5.74, 6) is 0. The third kappa shape index (κ3) is 3.18. The molecular formula is C17H20N4OS. The van der Waals surface area contributed by atoms with E-state index in [4.69, 9.17) is 0 Å². The van der Waals surface area contributed by atoms with Crippen LogP contribution in [0.15, 0.2) is 46.6 Å². The monoisotopic (exact) mass is 328 g/mol. The highest BCUT2D eigenvalue weighted by Gasteiger charge is 2.08. The number of hydrogen-bond donors (Lipinski definition) is 1. The van der Waals surface area contributed by atoms with Gasteiger partial charge in [-0.1, -0.05) is 0 Å². The molecule has 3 aromatic heterocycles. The highest BCUT2D eigenvalue weighted by molar-refractivity contribution is 7.97. The highest BCUT2D eigenvalue weighted by Crippen LogP contribution is 2.23. The van der Waals surface area contributed by atoms with E-state index in [1.807, 2.05) is 37.5 Å². The van der Waals surface area contributed by atoms with Crippen LogP contribution in [0.25, 0.3) is 16.8 Å². The fourth-order valence-electron chi connectivity index (χ4n) is 2.42. The van der Waals surface area contributed by atoms with E-state index in [0.29, 0.717) is 6.04 Å². The predicted molar refractivity (Wildman–Crippen MR) is 94.7 cm³/mol. The fourth-order valence-corrected chi connectivity index (χ4v) is 3.12. The summed E-state index contributed by atoms with van der Waals surface area (Å²) in [6, 6.07) is 6.35. The summed E-state index contributed by atoms with van der Waals surface area (Å²) in [7, 11) is 1.78. The lowest BCUT2D eigenvalue weighted by Crippen LogP contribution is -2.18. The molecule has 3 aromatic rings. The van der Waals surface area contributed by atoms with Crippen LogP contribution in [0.3, 0.4) is 0 Å². The minimum Gasteiger partial charge on any atom is -0.318 e. The van der Waals surface area contributed by atoms with Crippen molar-refractivity contribution < 1.29 is 0 Å². The van der Waals surface area contributed by atoms with Crippen LogP contribution in [0, 0.1) is 6.92 Å². The van der Waals surface area contributed by atoms with Crippen LogP contribution in [0.1, 0.15) is 19.4 Å². The fraction of sp³-hybridized carbons (Fsp3) is 0.294. The van der Waals surface area contributed by atoms with Gasteiger partial charge in [-0.3, -0.25) is 13.9 Å². The third-order valence-corrected chi connectivity index (χ3v) is 4.67. The van der Waals surface area contributed by atoms with Crippen molar-refractivity contribution in [3.8, 4) is 11.1 Å². The molecule has 0 saturated heterocycles. The van der Waals surface area contributed by atoms with Gasteiger partial charge in [-0.05, 0) is 62.0 Å². The van der Waals surface area contributed by atoms with Gasteiger partial charge in [0.2, 0.25) is 0 Å². The third-order valence-electron chi connectivity index (χ3n) is 3.57. The van der Waals surface area contributed by atoms with Crippen molar-refractivity contribution in [3.63, 3.8) is 0 Å². The van der Waals surface area contributed by atoms with Crippen LogP contribution in [-0.2, 0) is 7.05 Å². The number of aryl methyl sites for hydroxylation is 2. The van der Waals surface area contributed by atoms with E-state index in [1.54, 1.807) is 23.6 Å². The summed E-state index contributed by atoms with van der Waals surface area (Å²) in [6.07, 6.45) is 5.80. The van der Waals surface area contributed by atoms with Crippen molar-refractivity contribution in [1.29, 1.82) is 0 Å². The molecule has 0 unspecified atom stereocenters. The first-order valence-electron chi connectivity index (χ1n) is 7.53. The zero-order valence-corrected chi connectivity index (χ0v) is 14.5. The quantitative estimate of drug-likeness (QED) is 0.748. The molecule has 3 rings (SSSR count). The number of hydrogen-bond acceptors (Lipinski definition) is 4. The first-order valence-corrected chi connectivity index (χ1v) is 8.34. The van der Waals surface area contributed by atoms with E-state index in [9.17, 15) is 4.79 Å². The molecule has 23 heavy (non-hydrogen) atoms. The summed E-state index contributed by atoms with van der Waals surface area (Å²) < 4.78 is 7.02. The normalized spacial score (nSPS) is 11.5. The lowest BCUT2D eigenvalue weighted by Gasteiger charge is -2.09. The minimum atomic E-state index is 0.0369. The Kier molecular flexibility index (Phi) is 4.28. The Morgan fingerprint density at radius 1 is 1.22 bits per heavy atom. The predicted octanol–water partition coefficient (Wildman–Crippen LogP) is 3.01. The van der Waals surface area contributed by atoms with Gasteiger partial charge in [-0.25, -0.2) is 4.98 Å². The first-order chi connectivity index (χ1) is 11.0. The SMILES string of the molecule is Cc1cc(-c2ccc3ncc(SNC(C)C)n3c2)cn(C)c1=O. The highest BCUT2D eigenvalue weighted by atomic mass is 32.2. The summed E-state index contributed by atoms with van der Waals surface area (Å²) in [4.78, 5) is 16.3. The smallest absolute Gasteiger partial charge is 0.253 e. The van der Waals surface area contributed by atoms with Gasteiger partial charge in [0.05, 0.1) is 6.20 Å². The topological polar surface area (TPSA) is 51.3 Å². The molecular weight excluding hydrogens is 308 g/mol. The first kappa shape index (κ1) is 15.8. The van der Waals surface area contributed by atoms with Gasteiger partial charge in [0.1, 0.15) is 10.7 Å². The van der Waals surface area contributed by atoms with Crippen LogP contribution < -0.4 is 10.3 Å². The largest absolute Gasteiger partial charge is 0.318 e. The number of fused-ring (bicyclic) bond motifs is 1. The molecule has 0 aliphatic carbocycles. The van der Waals surface area contributed by atoms with Gasteiger partial charge >= 0.3 is 0 Å². The van der Waals surface area contributed by atoms with E-state index < -0.39 is 0 Å². The summed E-state index contributed by atoms with van der Waals surface area (Å²) in [5.41, 5.74) is 3.76. The molecule has 0 aromatic carbocycles. The van der Waals surface area contributed by atoms with Gasteiger partial charge in [0.15, 0.2) is 0 Å². The maximum atomic E-state index is 11.9. The number of nitrogens with zero attached hydrogens (tertiary/aromatic N) is 3. The Balaban J connectivity index is 2.05. The average Bonchev–Trinajstić information content (AvgIpc) is 2.92. The number of rotatable bonds is 4. The zero-order valence-electron chi connectivity index (χ0n) is 13.7. The van der Waals surface area contributed by atoms with Crippen LogP contribution in [0.5, 0.6) is 0 Å². The summed E-state index contributed by atoms with van der Waals surface area (Å²) in [6.45, 7) is 6.05. The molecule has 0 saturated carbocycles. The molecule has 3 heterocycles. The Morgan fingerprint density at radius 2 is 2.00 bits per heavy atom. The second-order valence-electron chi connectivity index (χ2n) is 5.94. The van der Waals surface area contributed by atoms with Gasteiger partial charge in [0.25, 0.3) is 5.56 Å². The number of aromatic nitrogens is 3. The maximum Gasteiger partial charge on any atom is 0.253 e.